The zero-order valence-corrected chi connectivity index (χ0v) is 8.68. The second-order valence-electron chi connectivity index (χ2n) is 3.92. The summed E-state index contributed by atoms with van der Waals surface area (Å²) < 4.78 is 1.02. The topological polar surface area (TPSA) is 20.3 Å². The van der Waals surface area contributed by atoms with Crippen LogP contribution >= 0.6 is 12.6 Å². The number of nitrogens with zero attached hydrogens (tertiary/aromatic N) is 2. The van der Waals surface area contributed by atoms with Crippen LogP contribution in [0, 0.1) is 0 Å². The zero-order valence-electron chi connectivity index (χ0n) is 7.79. The minimum Gasteiger partial charge on any atom is -0.331 e. The van der Waals surface area contributed by atoms with Crippen molar-refractivity contribution >= 4 is 18.5 Å². The lowest BCUT2D eigenvalue weighted by Crippen LogP contribution is -2.56. The zero-order chi connectivity index (χ0) is 9.19. The number of hydrogen-bond donors (Lipinski definition) is 1. The molecule has 0 saturated carbocycles. The van der Waals surface area contributed by atoms with Crippen LogP contribution in [-0.2, 0) is 4.79 Å². The van der Waals surface area contributed by atoms with Gasteiger partial charge in [0.05, 0.1) is 46.0 Å². The normalized spacial score (nSPS) is 22.4. The van der Waals surface area contributed by atoms with Crippen molar-refractivity contribution < 1.29 is 9.28 Å². The SMILES string of the molecule is C[N+]1(C)CCN(C(=O)CS)CC1. The molecule has 0 aliphatic carbocycles. The van der Waals surface area contributed by atoms with Crippen molar-refractivity contribution in [3.05, 3.63) is 0 Å². The fraction of sp³-hybridized carbons (Fsp3) is 0.875. The first-order chi connectivity index (χ1) is 5.55. The highest BCUT2D eigenvalue weighted by molar-refractivity contribution is 7.81. The van der Waals surface area contributed by atoms with Crippen LogP contribution in [0.5, 0.6) is 0 Å². The first-order valence-corrected chi connectivity index (χ1v) is 4.89. The number of piperazine rings is 1. The largest absolute Gasteiger partial charge is 0.331 e. The molecule has 0 atom stereocenters. The molecule has 0 aromatic rings. The highest BCUT2D eigenvalue weighted by atomic mass is 32.1. The van der Waals surface area contributed by atoms with Crippen LogP contribution < -0.4 is 0 Å². The molecule has 0 N–H and O–H groups in total. The van der Waals surface area contributed by atoms with Gasteiger partial charge < -0.3 is 9.38 Å². The van der Waals surface area contributed by atoms with Gasteiger partial charge in [0.2, 0.25) is 5.91 Å². The van der Waals surface area contributed by atoms with E-state index in [1.54, 1.807) is 0 Å². The van der Waals surface area contributed by atoms with Crippen LogP contribution in [0.4, 0.5) is 0 Å². The Morgan fingerprint density at radius 3 is 2.33 bits per heavy atom. The van der Waals surface area contributed by atoms with Crippen LogP contribution in [0.25, 0.3) is 0 Å². The summed E-state index contributed by atoms with van der Waals surface area (Å²) in [5.74, 6) is 0.506. The highest BCUT2D eigenvalue weighted by Crippen LogP contribution is 2.06. The van der Waals surface area contributed by atoms with Gasteiger partial charge in [-0.2, -0.15) is 12.6 Å². The maximum Gasteiger partial charge on any atom is 0.232 e. The molecule has 1 aliphatic heterocycles. The molecule has 0 unspecified atom stereocenters. The van der Waals surface area contributed by atoms with E-state index >= 15 is 0 Å². The molecule has 70 valence electrons. The Morgan fingerprint density at radius 1 is 1.42 bits per heavy atom. The second kappa shape index (κ2) is 3.66. The third-order valence-corrected chi connectivity index (χ3v) is 2.71. The summed E-state index contributed by atoms with van der Waals surface area (Å²) in [6.07, 6.45) is 0. The van der Waals surface area contributed by atoms with Gasteiger partial charge in [0.15, 0.2) is 0 Å². The van der Waals surface area contributed by atoms with Crippen molar-refractivity contribution in [3.8, 4) is 0 Å². The number of quaternary nitrogens is 1. The van der Waals surface area contributed by atoms with Gasteiger partial charge in [-0.15, -0.1) is 0 Å². The minimum absolute atomic E-state index is 0.165. The van der Waals surface area contributed by atoms with E-state index in [2.05, 4.69) is 26.7 Å². The lowest BCUT2D eigenvalue weighted by molar-refractivity contribution is -0.894. The predicted octanol–water partition coefficient (Wildman–Crippen LogP) is -0.165. The Morgan fingerprint density at radius 2 is 1.92 bits per heavy atom. The molecule has 0 aromatic heterocycles. The number of likely N-dealkylation sites (N-methyl/N-ethyl adjacent to an activating group) is 1. The standard InChI is InChI=1S/C8H16N2OS/c1-10(2)5-3-9(4-6-10)8(11)7-12/h3-7H2,1-2H3/p+1. The van der Waals surface area contributed by atoms with Crippen molar-refractivity contribution in [3.63, 3.8) is 0 Å². The first kappa shape index (κ1) is 9.86. The maximum absolute atomic E-state index is 11.2. The van der Waals surface area contributed by atoms with Crippen LogP contribution in [0.2, 0.25) is 0 Å². The lowest BCUT2D eigenvalue weighted by atomic mass is 10.3. The number of rotatable bonds is 1. The van der Waals surface area contributed by atoms with E-state index in [1.165, 1.54) is 0 Å². The highest BCUT2D eigenvalue weighted by Gasteiger charge is 2.26. The number of carbonyl (C=O) groups excluding carboxylic acids is 1. The molecule has 1 amide bonds. The Labute approximate surface area is 79.3 Å². The van der Waals surface area contributed by atoms with E-state index in [4.69, 9.17) is 0 Å². The molecule has 3 nitrogen and oxygen atoms in total. The van der Waals surface area contributed by atoms with E-state index in [1.807, 2.05) is 4.90 Å². The average molecular weight is 189 g/mol. The quantitative estimate of drug-likeness (QED) is 0.449. The van der Waals surface area contributed by atoms with E-state index < -0.39 is 0 Å². The molecule has 1 fully saturated rings. The molecule has 1 aliphatic rings. The summed E-state index contributed by atoms with van der Waals surface area (Å²) >= 11 is 3.97. The van der Waals surface area contributed by atoms with E-state index in [0.717, 1.165) is 30.7 Å². The lowest BCUT2D eigenvalue weighted by Gasteiger charge is -2.38. The smallest absolute Gasteiger partial charge is 0.232 e. The van der Waals surface area contributed by atoms with Gasteiger partial charge in [0.25, 0.3) is 0 Å². The summed E-state index contributed by atoms with van der Waals surface area (Å²) in [6, 6.07) is 0. The molecule has 1 rings (SSSR count). The van der Waals surface area contributed by atoms with Gasteiger partial charge in [-0.3, -0.25) is 4.79 Å². The molecule has 0 radical (unpaired) electrons. The molecule has 4 heteroatoms. The summed E-state index contributed by atoms with van der Waals surface area (Å²) in [7, 11) is 4.39. The Balaban J connectivity index is 2.41. The monoisotopic (exact) mass is 189 g/mol. The molecule has 0 aromatic carbocycles. The molecule has 12 heavy (non-hydrogen) atoms. The molecular weight excluding hydrogens is 172 g/mol. The third kappa shape index (κ3) is 2.38. The van der Waals surface area contributed by atoms with Crippen LogP contribution in [-0.4, -0.2) is 61.3 Å². The minimum atomic E-state index is 0.165. The van der Waals surface area contributed by atoms with Crippen LogP contribution in [0.3, 0.4) is 0 Å². The Bertz CT molecular complexity index is 172. The number of carbonyl (C=O) groups is 1. The molecule has 0 bridgehead atoms. The Hall–Kier alpha value is -0.220. The molecular formula is C8H17N2OS+. The number of thiol groups is 1. The van der Waals surface area contributed by atoms with Gasteiger partial charge in [0, 0.05) is 0 Å². The summed E-state index contributed by atoms with van der Waals surface area (Å²) in [6.45, 7) is 3.87. The Kier molecular flexibility index (Phi) is 3.01. The van der Waals surface area contributed by atoms with E-state index in [-0.39, 0.29) is 5.91 Å². The van der Waals surface area contributed by atoms with E-state index in [9.17, 15) is 4.79 Å². The summed E-state index contributed by atoms with van der Waals surface area (Å²) in [4.78, 5) is 13.1. The van der Waals surface area contributed by atoms with Gasteiger partial charge in [-0.05, 0) is 0 Å². The van der Waals surface area contributed by atoms with Crippen LogP contribution in [0.1, 0.15) is 0 Å². The van der Waals surface area contributed by atoms with Crippen molar-refractivity contribution in [2.24, 2.45) is 0 Å². The predicted molar refractivity (Wildman–Crippen MR) is 52.3 cm³/mol. The average Bonchev–Trinajstić information content (AvgIpc) is 2.03. The second-order valence-corrected chi connectivity index (χ2v) is 4.24. The van der Waals surface area contributed by atoms with Crippen LogP contribution in [0.15, 0.2) is 0 Å². The maximum atomic E-state index is 11.2. The fourth-order valence-electron chi connectivity index (χ4n) is 1.36. The third-order valence-electron chi connectivity index (χ3n) is 2.44. The molecule has 1 saturated heterocycles. The van der Waals surface area contributed by atoms with Gasteiger partial charge in [-0.25, -0.2) is 0 Å². The van der Waals surface area contributed by atoms with Crippen molar-refractivity contribution in [1.82, 2.24) is 4.90 Å². The number of hydrogen-bond acceptors (Lipinski definition) is 2. The van der Waals surface area contributed by atoms with Crippen molar-refractivity contribution in [1.29, 1.82) is 0 Å². The van der Waals surface area contributed by atoms with E-state index in [0.29, 0.717) is 5.75 Å². The molecule has 1 heterocycles. The fourth-order valence-corrected chi connectivity index (χ4v) is 1.56. The van der Waals surface area contributed by atoms with Gasteiger partial charge >= 0.3 is 0 Å². The summed E-state index contributed by atoms with van der Waals surface area (Å²) in [5, 5.41) is 0. The summed E-state index contributed by atoms with van der Waals surface area (Å²) in [5.41, 5.74) is 0. The van der Waals surface area contributed by atoms with Gasteiger partial charge in [0.1, 0.15) is 0 Å². The van der Waals surface area contributed by atoms with Crippen molar-refractivity contribution in [2.75, 3.05) is 46.0 Å². The van der Waals surface area contributed by atoms with Gasteiger partial charge in [-0.1, -0.05) is 0 Å². The number of amides is 1. The molecule has 0 spiro atoms. The van der Waals surface area contributed by atoms with Crippen molar-refractivity contribution in [2.45, 2.75) is 0 Å². The first-order valence-electron chi connectivity index (χ1n) is 4.26.